The van der Waals surface area contributed by atoms with Crippen LogP contribution in [-0.2, 0) is 4.79 Å². The normalized spacial score (nSPS) is 12.6. The number of nitrogens with zero attached hydrogens (tertiary/aromatic N) is 1. The van der Waals surface area contributed by atoms with Crippen LogP contribution in [0.5, 0.6) is 0 Å². The number of rotatable bonds is 4. The first kappa shape index (κ1) is 13.6. The first-order chi connectivity index (χ1) is 7.95. The molecule has 0 fully saturated rings. The van der Waals surface area contributed by atoms with Gasteiger partial charge in [0.1, 0.15) is 11.6 Å². The van der Waals surface area contributed by atoms with Gasteiger partial charge in [0.15, 0.2) is 0 Å². The van der Waals surface area contributed by atoms with Crippen molar-refractivity contribution in [1.82, 2.24) is 10.2 Å². The summed E-state index contributed by atoms with van der Waals surface area (Å²) in [6.07, 6.45) is 0. The van der Waals surface area contributed by atoms with Gasteiger partial charge in [-0.3, -0.25) is 9.69 Å². The van der Waals surface area contributed by atoms with Gasteiger partial charge in [0.05, 0.1) is 6.54 Å². The largest absolute Gasteiger partial charge is 0.358 e. The van der Waals surface area contributed by atoms with Crippen LogP contribution < -0.4 is 5.32 Å². The molecule has 0 aliphatic carbocycles. The van der Waals surface area contributed by atoms with Crippen LogP contribution in [0.4, 0.5) is 8.78 Å². The van der Waals surface area contributed by atoms with E-state index in [4.69, 9.17) is 0 Å². The maximum absolute atomic E-state index is 13.5. The highest BCUT2D eigenvalue weighted by Crippen LogP contribution is 2.22. The molecule has 3 nitrogen and oxygen atoms in total. The molecule has 1 unspecified atom stereocenters. The van der Waals surface area contributed by atoms with Gasteiger partial charge in [0, 0.05) is 18.7 Å². The van der Waals surface area contributed by atoms with E-state index in [9.17, 15) is 13.6 Å². The second-order valence-electron chi connectivity index (χ2n) is 3.93. The Morgan fingerprint density at radius 1 is 1.47 bits per heavy atom. The Morgan fingerprint density at radius 2 is 2.12 bits per heavy atom. The number of hydrogen-bond acceptors (Lipinski definition) is 2. The van der Waals surface area contributed by atoms with E-state index in [2.05, 4.69) is 5.32 Å². The van der Waals surface area contributed by atoms with Crippen molar-refractivity contribution in [3.8, 4) is 0 Å². The SMILES string of the molecule is CNC(=O)CN(C)C(C)c1cc(F)ccc1F. The van der Waals surface area contributed by atoms with E-state index in [1.165, 1.54) is 7.05 Å². The third-order valence-electron chi connectivity index (χ3n) is 2.74. The summed E-state index contributed by atoms with van der Waals surface area (Å²) in [5.74, 6) is -1.12. The maximum atomic E-state index is 13.5. The number of amides is 1. The van der Waals surface area contributed by atoms with Crippen LogP contribution in [0, 0.1) is 11.6 Å². The molecular formula is C12H16F2N2O. The average molecular weight is 242 g/mol. The highest BCUT2D eigenvalue weighted by Gasteiger charge is 2.18. The molecule has 0 saturated carbocycles. The second kappa shape index (κ2) is 5.72. The van der Waals surface area contributed by atoms with Gasteiger partial charge in [0.25, 0.3) is 0 Å². The maximum Gasteiger partial charge on any atom is 0.233 e. The molecule has 0 spiro atoms. The fourth-order valence-electron chi connectivity index (χ4n) is 1.51. The minimum atomic E-state index is -0.485. The average Bonchev–Trinajstić information content (AvgIpc) is 2.31. The molecule has 17 heavy (non-hydrogen) atoms. The number of hydrogen-bond donors (Lipinski definition) is 1. The number of nitrogens with one attached hydrogen (secondary N) is 1. The van der Waals surface area contributed by atoms with Crippen LogP contribution in [0.25, 0.3) is 0 Å². The van der Waals surface area contributed by atoms with E-state index >= 15 is 0 Å². The van der Waals surface area contributed by atoms with Crippen molar-refractivity contribution in [2.45, 2.75) is 13.0 Å². The van der Waals surface area contributed by atoms with E-state index in [1.54, 1.807) is 18.9 Å². The quantitative estimate of drug-likeness (QED) is 0.871. The summed E-state index contributed by atoms with van der Waals surface area (Å²) in [5.41, 5.74) is 0.247. The Morgan fingerprint density at radius 3 is 2.71 bits per heavy atom. The molecule has 1 rings (SSSR count). The summed E-state index contributed by atoms with van der Waals surface area (Å²) in [6, 6.07) is 2.95. The number of carbonyl (C=O) groups excluding carboxylic acids is 1. The van der Waals surface area contributed by atoms with Crippen LogP contribution in [-0.4, -0.2) is 31.4 Å². The predicted octanol–water partition coefficient (Wildman–Crippen LogP) is 1.70. The van der Waals surface area contributed by atoms with E-state index < -0.39 is 11.6 Å². The van der Waals surface area contributed by atoms with Crippen LogP contribution in [0.2, 0.25) is 0 Å². The molecule has 1 aromatic rings. The first-order valence-electron chi connectivity index (χ1n) is 5.31. The highest BCUT2D eigenvalue weighted by atomic mass is 19.1. The zero-order valence-electron chi connectivity index (χ0n) is 10.1. The molecule has 1 atom stereocenters. The molecule has 0 saturated heterocycles. The van der Waals surface area contributed by atoms with Gasteiger partial charge in [-0.25, -0.2) is 8.78 Å². The number of likely N-dealkylation sites (N-methyl/N-ethyl adjacent to an activating group) is 2. The van der Waals surface area contributed by atoms with Crippen LogP contribution in [0.15, 0.2) is 18.2 Å². The zero-order valence-corrected chi connectivity index (χ0v) is 10.1. The third-order valence-corrected chi connectivity index (χ3v) is 2.74. The smallest absolute Gasteiger partial charge is 0.233 e. The summed E-state index contributed by atoms with van der Waals surface area (Å²) in [6.45, 7) is 1.86. The topological polar surface area (TPSA) is 32.3 Å². The first-order valence-corrected chi connectivity index (χ1v) is 5.31. The Hall–Kier alpha value is -1.49. The monoisotopic (exact) mass is 242 g/mol. The number of halogens is 2. The van der Waals surface area contributed by atoms with Crippen molar-refractivity contribution >= 4 is 5.91 Å². The Bertz CT molecular complexity index is 409. The second-order valence-corrected chi connectivity index (χ2v) is 3.93. The Balaban J connectivity index is 2.84. The molecule has 1 aromatic carbocycles. The van der Waals surface area contributed by atoms with Crippen molar-refractivity contribution in [3.63, 3.8) is 0 Å². The summed E-state index contributed by atoms with van der Waals surface area (Å²) >= 11 is 0. The lowest BCUT2D eigenvalue weighted by Crippen LogP contribution is -2.34. The van der Waals surface area contributed by atoms with Gasteiger partial charge in [-0.2, -0.15) is 0 Å². The van der Waals surface area contributed by atoms with E-state index in [1.807, 2.05) is 0 Å². The lowest BCUT2D eigenvalue weighted by Gasteiger charge is -2.24. The molecular weight excluding hydrogens is 226 g/mol. The molecule has 94 valence electrons. The molecule has 1 amide bonds. The fraction of sp³-hybridized carbons (Fsp3) is 0.417. The molecule has 0 bridgehead atoms. The molecule has 0 aliphatic rings. The van der Waals surface area contributed by atoms with Gasteiger partial charge < -0.3 is 5.32 Å². The van der Waals surface area contributed by atoms with Crippen LogP contribution in [0.1, 0.15) is 18.5 Å². The lowest BCUT2D eigenvalue weighted by atomic mass is 10.1. The van der Waals surface area contributed by atoms with E-state index in [0.717, 1.165) is 18.2 Å². The molecule has 5 heteroatoms. The van der Waals surface area contributed by atoms with Gasteiger partial charge in [-0.05, 0) is 32.2 Å². The van der Waals surface area contributed by atoms with E-state index in [0.29, 0.717) is 0 Å². The third kappa shape index (κ3) is 3.49. The van der Waals surface area contributed by atoms with Gasteiger partial charge in [0.2, 0.25) is 5.91 Å². The van der Waals surface area contributed by atoms with Crippen LogP contribution >= 0.6 is 0 Å². The van der Waals surface area contributed by atoms with Crippen molar-refractivity contribution in [1.29, 1.82) is 0 Å². The fourth-order valence-corrected chi connectivity index (χ4v) is 1.51. The summed E-state index contributed by atoms with van der Waals surface area (Å²) in [4.78, 5) is 12.8. The minimum Gasteiger partial charge on any atom is -0.358 e. The lowest BCUT2D eigenvalue weighted by molar-refractivity contribution is -0.121. The Labute approximate surface area is 99.4 Å². The summed E-state index contributed by atoms with van der Waals surface area (Å²) in [5, 5.41) is 2.48. The van der Waals surface area contributed by atoms with Crippen molar-refractivity contribution in [3.05, 3.63) is 35.4 Å². The van der Waals surface area contributed by atoms with Crippen LogP contribution in [0.3, 0.4) is 0 Å². The standard InChI is InChI=1S/C12H16F2N2O/c1-8(16(3)7-12(17)15-2)10-6-9(13)4-5-11(10)14/h4-6,8H,7H2,1-3H3,(H,15,17). The van der Waals surface area contributed by atoms with Crippen molar-refractivity contribution in [2.24, 2.45) is 0 Å². The number of benzene rings is 1. The van der Waals surface area contributed by atoms with Crippen molar-refractivity contribution in [2.75, 3.05) is 20.6 Å². The zero-order chi connectivity index (χ0) is 13.0. The number of carbonyl (C=O) groups is 1. The predicted molar refractivity (Wildman–Crippen MR) is 61.5 cm³/mol. The molecule has 0 radical (unpaired) electrons. The van der Waals surface area contributed by atoms with Gasteiger partial charge >= 0.3 is 0 Å². The molecule has 0 aromatic heterocycles. The van der Waals surface area contributed by atoms with Crippen molar-refractivity contribution < 1.29 is 13.6 Å². The molecule has 1 N–H and O–H groups in total. The molecule has 0 aliphatic heterocycles. The van der Waals surface area contributed by atoms with Gasteiger partial charge in [-0.1, -0.05) is 0 Å². The van der Waals surface area contributed by atoms with Gasteiger partial charge in [-0.15, -0.1) is 0 Å². The minimum absolute atomic E-state index is 0.133. The summed E-state index contributed by atoms with van der Waals surface area (Å²) < 4.78 is 26.5. The Kier molecular flexibility index (Phi) is 4.57. The molecule has 0 heterocycles. The highest BCUT2D eigenvalue weighted by molar-refractivity contribution is 5.77. The summed E-state index contributed by atoms with van der Waals surface area (Å²) in [7, 11) is 3.22. The van der Waals surface area contributed by atoms with E-state index in [-0.39, 0.29) is 24.1 Å².